The van der Waals surface area contributed by atoms with Crippen LogP contribution in [0.4, 0.5) is 0 Å². The van der Waals surface area contributed by atoms with Gasteiger partial charge in [0.2, 0.25) is 0 Å². The summed E-state index contributed by atoms with van der Waals surface area (Å²) in [6, 6.07) is 19.4. The molecule has 5 heteroatoms. The predicted molar refractivity (Wildman–Crippen MR) is 130 cm³/mol. The third-order valence-corrected chi connectivity index (χ3v) is 9.60. The fourth-order valence-corrected chi connectivity index (χ4v) is 8.26. The second-order valence-electron chi connectivity index (χ2n) is 8.65. The summed E-state index contributed by atoms with van der Waals surface area (Å²) in [4.78, 5) is 0. The Morgan fingerprint density at radius 2 is 1.47 bits per heavy atom. The lowest BCUT2D eigenvalue weighted by atomic mass is 9.84. The Hall–Kier alpha value is -1.31. The molecule has 4 unspecified atom stereocenters. The van der Waals surface area contributed by atoms with Gasteiger partial charge in [-0.3, -0.25) is 9.65 Å². The molecule has 30 heavy (non-hydrogen) atoms. The monoisotopic (exact) mass is 459 g/mol. The van der Waals surface area contributed by atoms with Gasteiger partial charge in [-0.1, -0.05) is 90.3 Å². The summed E-state index contributed by atoms with van der Waals surface area (Å²) in [6.07, 6.45) is 5.20. The van der Waals surface area contributed by atoms with Gasteiger partial charge in [-0.2, -0.15) is 0 Å². The van der Waals surface area contributed by atoms with Crippen molar-refractivity contribution in [1.82, 2.24) is 5.09 Å². The van der Waals surface area contributed by atoms with E-state index in [2.05, 4.69) is 12.0 Å². The maximum absolute atomic E-state index is 14.1. The Kier molecular flexibility index (Phi) is 6.90. The molecule has 2 aliphatic rings. The Bertz CT molecular complexity index is 914. The van der Waals surface area contributed by atoms with E-state index in [4.69, 9.17) is 23.2 Å². The van der Waals surface area contributed by atoms with Gasteiger partial charge >= 0.3 is 0 Å². The van der Waals surface area contributed by atoms with Gasteiger partial charge in [-0.05, 0) is 55.1 Å². The summed E-state index contributed by atoms with van der Waals surface area (Å²) in [7, 11) is -3.13. The van der Waals surface area contributed by atoms with Crippen molar-refractivity contribution < 1.29 is 4.57 Å². The summed E-state index contributed by atoms with van der Waals surface area (Å²) in [6.45, 7) is 2.16. The highest BCUT2D eigenvalue weighted by Crippen LogP contribution is 2.54. The van der Waals surface area contributed by atoms with Crippen LogP contribution in [-0.4, -0.2) is 6.04 Å². The van der Waals surface area contributed by atoms with Crippen molar-refractivity contribution in [3.63, 3.8) is 0 Å². The second-order valence-corrected chi connectivity index (χ2v) is 11.7. The van der Waals surface area contributed by atoms with Crippen LogP contribution in [0.3, 0.4) is 0 Å². The zero-order chi connectivity index (χ0) is 21.1. The Morgan fingerprint density at radius 3 is 1.90 bits per heavy atom. The van der Waals surface area contributed by atoms with Crippen LogP contribution < -0.4 is 5.09 Å². The molecule has 2 nitrogen and oxygen atoms in total. The first-order valence-electron chi connectivity index (χ1n) is 10.7. The van der Waals surface area contributed by atoms with Gasteiger partial charge in [0.25, 0.3) is 0 Å². The molecule has 2 saturated carbocycles. The second kappa shape index (κ2) is 9.45. The smallest absolute Gasteiger partial charge is 0.193 e. The van der Waals surface area contributed by atoms with E-state index in [0.717, 1.165) is 23.0 Å². The molecule has 2 aliphatic carbocycles. The van der Waals surface area contributed by atoms with Crippen molar-refractivity contribution in [2.45, 2.75) is 38.6 Å². The number of fused-ring (bicyclic) bond motifs is 2. The van der Waals surface area contributed by atoms with Crippen LogP contribution in [0.25, 0.3) is 10.1 Å². The highest BCUT2D eigenvalue weighted by atomic mass is 35.5. The first-order chi connectivity index (χ1) is 14.4. The van der Waals surface area contributed by atoms with Crippen molar-refractivity contribution in [2.24, 2.45) is 17.8 Å². The molecule has 4 atom stereocenters. The van der Waals surface area contributed by atoms with Crippen molar-refractivity contribution in [3.8, 4) is 0 Å². The number of hydrogen-bond acceptors (Lipinski definition) is 1. The van der Waals surface area contributed by atoms with Crippen LogP contribution in [0, 0.1) is 17.8 Å². The lowest BCUT2D eigenvalue weighted by Crippen LogP contribution is -2.33. The van der Waals surface area contributed by atoms with Gasteiger partial charge in [-0.25, -0.2) is 0 Å². The predicted octanol–water partition coefficient (Wildman–Crippen LogP) is 8.15. The van der Waals surface area contributed by atoms with E-state index in [1.54, 1.807) is 11.6 Å². The fourth-order valence-electron chi connectivity index (χ4n) is 5.11. The van der Waals surface area contributed by atoms with E-state index in [0.29, 0.717) is 16.0 Å². The minimum Gasteiger partial charge on any atom is -0.298 e. The van der Waals surface area contributed by atoms with Crippen LogP contribution in [0.1, 0.15) is 43.7 Å². The lowest BCUT2D eigenvalue weighted by Gasteiger charge is -2.30. The average Bonchev–Trinajstić information content (AvgIpc) is 3.38. The van der Waals surface area contributed by atoms with Gasteiger partial charge < -0.3 is 0 Å². The fraction of sp³-hybridized carbons (Fsp3) is 0.360. The number of halogens is 2. The number of nitrogens with one attached hydrogen (secondary N) is 1. The largest absolute Gasteiger partial charge is 0.298 e. The SMILES string of the molecule is CC(NP(=O)(C=C(Cl)c1ccccc1)C=C(Cl)c1ccccc1)C1CC2CCC1C2. The maximum Gasteiger partial charge on any atom is 0.193 e. The van der Waals surface area contributed by atoms with E-state index >= 15 is 0 Å². The summed E-state index contributed by atoms with van der Waals surface area (Å²) >= 11 is 13.2. The molecule has 0 saturated heterocycles. The molecule has 2 bridgehead atoms. The molecule has 4 rings (SSSR count). The summed E-state index contributed by atoms with van der Waals surface area (Å²) in [5, 5.41) is 4.40. The first kappa shape index (κ1) is 21.9. The Morgan fingerprint density at radius 1 is 0.933 bits per heavy atom. The standard InChI is InChI=1S/C25H28Cl2NOP/c1-18(23-15-19-12-13-22(23)14-19)28-30(29,16-24(26)20-8-4-2-5-9-20)17-25(27)21-10-6-3-7-11-21/h2-11,16-19,22-23H,12-15H2,1H3,(H,28,29). The quantitative estimate of drug-likeness (QED) is 0.423. The molecule has 0 aromatic heterocycles. The van der Waals surface area contributed by atoms with Gasteiger partial charge in [0.05, 0.1) is 10.1 Å². The zero-order valence-electron chi connectivity index (χ0n) is 17.2. The number of hydrogen-bond donors (Lipinski definition) is 1. The van der Waals surface area contributed by atoms with E-state index in [1.807, 2.05) is 60.7 Å². The van der Waals surface area contributed by atoms with Gasteiger partial charge in [-0.15, -0.1) is 0 Å². The molecule has 0 heterocycles. The Balaban J connectivity index is 1.64. The van der Waals surface area contributed by atoms with Gasteiger partial charge in [0.1, 0.15) is 0 Å². The van der Waals surface area contributed by atoms with Crippen LogP contribution >= 0.6 is 30.5 Å². The molecule has 1 N–H and O–H groups in total. The van der Waals surface area contributed by atoms with Crippen molar-refractivity contribution in [2.75, 3.05) is 0 Å². The molecule has 0 spiro atoms. The van der Waals surface area contributed by atoms with Crippen LogP contribution in [-0.2, 0) is 4.57 Å². The van der Waals surface area contributed by atoms with Crippen molar-refractivity contribution >= 4 is 40.6 Å². The molecule has 2 aromatic rings. The number of benzene rings is 2. The number of rotatable bonds is 7. The highest BCUT2D eigenvalue weighted by molar-refractivity contribution is 7.68. The highest BCUT2D eigenvalue weighted by Gasteiger charge is 2.42. The Labute approximate surface area is 189 Å². The molecular formula is C25H28Cl2NOP. The molecule has 158 valence electrons. The summed E-state index contributed by atoms with van der Waals surface area (Å²) < 4.78 is 14.1. The van der Waals surface area contributed by atoms with Gasteiger partial charge in [0.15, 0.2) is 7.29 Å². The molecule has 0 amide bonds. The molecule has 0 radical (unpaired) electrons. The minimum atomic E-state index is -3.13. The maximum atomic E-state index is 14.1. The van der Waals surface area contributed by atoms with Gasteiger partial charge in [0, 0.05) is 17.7 Å². The minimum absolute atomic E-state index is 0.138. The van der Waals surface area contributed by atoms with E-state index in [1.165, 1.54) is 25.7 Å². The summed E-state index contributed by atoms with van der Waals surface area (Å²) in [5.74, 6) is 5.48. The zero-order valence-corrected chi connectivity index (χ0v) is 19.6. The van der Waals surface area contributed by atoms with Crippen molar-refractivity contribution in [3.05, 3.63) is 83.4 Å². The van der Waals surface area contributed by atoms with E-state index in [9.17, 15) is 4.57 Å². The first-order valence-corrected chi connectivity index (χ1v) is 13.3. The molecular weight excluding hydrogens is 432 g/mol. The van der Waals surface area contributed by atoms with Crippen LogP contribution in [0.15, 0.2) is 72.3 Å². The molecule has 2 fully saturated rings. The lowest BCUT2D eigenvalue weighted by molar-refractivity contribution is 0.280. The topological polar surface area (TPSA) is 29.1 Å². The third kappa shape index (κ3) is 5.11. The van der Waals surface area contributed by atoms with Crippen LogP contribution in [0.5, 0.6) is 0 Å². The summed E-state index contributed by atoms with van der Waals surface area (Å²) in [5.41, 5.74) is 1.69. The molecule has 2 aromatic carbocycles. The van der Waals surface area contributed by atoms with Crippen molar-refractivity contribution in [1.29, 1.82) is 0 Å². The average molecular weight is 460 g/mol. The molecule has 0 aliphatic heterocycles. The normalized spacial score (nSPS) is 27.1. The van der Waals surface area contributed by atoms with E-state index < -0.39 is 7.29 Å². The van der Waals surface area contributed by atoms with E-state index in [-0.39, 0.29) is 6.04 Å². The third-order valence-electron chi connectivity index (χ3n) is 6.55. The van der Waals surface area contributed by atoms with Crippen LogP contribution in [0.2, 0.25) is 0 Å².